The molecular weight excluding hydrogens is 302 g/mol. The molecule has 0 spiro atoms. The maximum Gasteiger partial charge on any atom is 0.148 e. The highest BCUT2D eigenvalue weighted by Gasteiger charge is 2.25. The largest absolute Gasteiger partial charge is 0.507 e. The lowest BCUT2D eigenvalue weighted by Gasteiger charge is -2.36. The number of benzene rings is 2. The van der Waals surface area contributed by atoms with Crippen molar-refractivity contribution in [3.63, 3.8) is 0 Å². The summed E-state index contributed by atoms with van der Waals surface area (Å²) < 4.78 is 0. The van der Waals surface area contributed by atoms with E-state index in [1.165, 1.54) is 0 Å². The van der Waals surface area contributed by atoms with Crippen LogP contribution < -0.4 is 4.90 Å². The monoisotopic (exact) mass is 321 g/mol. The first-order valence-electron chi connectivity index (χ1n) is 8.01. The number of rotatable bonds is 2. The lowest BCUT2D eigenvalue weighted by atomic mass is 9.99. The second-order valence-corrected chi connectivity index (χ2v) is 6.45. The van der Waals surface area contributed by atoms with Gasteiger partial charge in [0.25, 0.3) is 0 Å². The Labute approximate surface area is 140 Å². The number of aryl methyl sites for hydroxylation is 2. The molecule has 0 aliphatic carbocycles. The topological polar surface area (TPSA) is 69.5 Å². The lowest BCUT2D eigenvalue weighted by Crippen LogP contribution is -2.51. The molecule has 0 atom stereocenters. The maximum absolute atomic E-state index is 9.95. The first kappa shape index (κ1) is 14.9. The van der Waals surface area contributed by atoms with Crippen LogP contribution in [0, 0.1) is 13.8 Å². The number of phenolic OH excluding ortho intramolecular Hbond substituents is 1. The van der Waals surface area contributed by atoms with Crippen molar-refractivity contribution in [1.29, 1.82) is 0 Å². The molecule has 24 heavy (non-hydrogen) atoms. The predicted molar refractivity (Wildman–Crippen MR) is 94.3 cm³/mol. The van der Waals surface area contributed by atoms with Gasteiger partial charge in [-0.25, -0.2) is 4.98 Å². The van der Waals surface area contributed by atoms with E-state index in [0.29, 0.717) is 18.8 Å². The van der Waals surface area contributed by atoms with Crippen LogP contribution in [-0.4, -0.2) is 39.4 Å². The third kappa shape index (κ3) is 2.47. The number of β-amino-alcohol motifs (C(OH)–C–C–N with tert-alkyl or cyclic N) is 1. The zero-order chi connectivity index (χ0) is 16.8. The van der Waals surface area contributed by atoms with E-state index in [1.54, 1.807) is 6.20 Å². The van der Waals surface area contributed by atoms with Crippen LogP contribution in [0.15, 0.2) is 36.5 Å². The van der Waals surface area contributed by atoms with Crippen molar-refractivity contribution in [3.8, 4) is 16.9 Å². The number of hydrogen-bond donors (Lipinski definition) is 2. The summed E-state index contributed by atoms with van der Waals surface area (Å²) in [7, 11) is 0. The van der Waals surface area contributed by atoms with Gasteiger partial charge in [-0.05, 0) is 60.4 Å². The van der Waals surface area contributed by atoms with Crippen LogP contribution in [0.25, 0.3) is 22.2 Å². The quantitative estimate of drug-likeness (QED) is 0.759. The predicted octanol–water partition coefficient (Wildman–Crippen LogP) is 2.80. The summed E-state index contributed by atoms with van der Waals surface area (Å²) in [5, 5.41) is 19.4. The average molecular weight is 321 g/mol. The molecule has 1 saturated heterocycles. The molecule has 5 nitrogen and oxygen atoms in total. The molecule has 1 aliphatic rings. The molecule has 3 aromatic rings. The summed E-state index contributed by atoms with van der Waals surface area (Å²) >= 11 is 0. The summed E-state index contributed by atoms with van der Waals surface area (Å²) in [6.07, 6.45) is 1.49. The van der Waals surface area contributed by atoms with E-state index in [0.717, 1.165) is 39.1 Å². The van der Waals surface area contributed by atoms with Gasteiger partial charge in [0.15, 0.2) is 0 Å². The zero-order valence-electron chi connectivity index (χ0n) is 13.7. The minimum atomic E-state index is -0.267. The highest BCUT2D eigenvalue weighted by Crippen LogP contribution is 2.30. The fourth-order valence-corrected chi connectivity index (χ4v) is 3.10. The Hall–Kier alpha value is -2.66. The molecular formula is C19H19N3O2. The van der Waals surface area contributed by atoms with E-state index in [1.807, 2.05) is 49.1 Å². The van der Waals surface area contributed by atoms with E-state index in [-0.39, 0.29) is 6.10 Å². The highest BCUT2D eigenvalue weighted by molar-refractivity contribution is 5.82. The van der Waals surface area contributed by atoms with Crippen molar-refractivity contribution >= 4 is 16.9 Å². The maximum atomic E-state index is 9.95. The van der Waals surface area contributed by atoms with Gasteiger partial charge in [-0.15, -0.1) is 0 Å². The fraction of sp³-hybridized carbons (Fsp3) is 0.263. The van der Waals surface area contributed by atoms with Gasteiger partial charge in [-0.2, -0.15) is 0 Å². The van der Waals surface area contributed by atoms with Crippen LogP contribution in [0.4, 0.5) is 5.82 Å². The van der Waals surface area contributed by atoms with Crippen molar-refractivity contribution in [3.05, 3.63) is 47.7 Å². The van der Waals surface area contributed by atoms with E-state index in [4.69, 9.17) is 0 Å². The normalized spacial score (nSPS) is 14.9. The van der Waals surface area contributed by atoms with Gasteiger partial charge in [0.05, 0.1) is 23.3 Å². The minimum absolute atomic E-state index is 0.267. The Balaban J connectivity index is 1.77. The number of aromatic hydroxyl groups is 1. The molecule has 1 aliphatic heterocycles. The van der Waals surface area contributed by atoms with Crippen molar-refractivity contribution in [2.24, 2.45) is 0 Å². The Morgan fingerprint density at radius 2 is 1.71 bits per heavy atom. The number of aliphatic hydroxyl groups excluding tert-OH is 1. The summed E-state index contributed by atoms with van der Waals surface area (Å²) in [5.74, 6) is 1.14. The number of phenols is 1. The molecule has 2 heterocycles. The molecule has 0 radical (unpaired) electrons. The Morgan fingerprint density at radius 3 is 2.38 bits per heavy atom. The third-order valence-corrected chi connectivity index (χ3v) is 4.54. The molecule has 0 unspecified atom stereocenters. The third-order valence-electron chi connectivity index (χ3n) is 4.54. The highest BCUT2D eigenvalue weighted by atomic mass is 16.3. The van der Waals surface area contributed by atoms with Gasteiger partial charge in [0.1, 0.15) is 11.6 Å². The molecule has 5 heteroatoms. The van der Waals surface area contributed by atoms with E-state index >= 15 is 0 Å². The van der Waals surface area contributed by atoms with Gasteiger partial charge in [0, 0.05) is 13.1 Å². The first-order valence-corrected chi connectivity index (χ1v) is 8.01. The Bertz CT molecular complexity index is 910. The first-order chi connectivity index (χ1) is 11.5. The van der Waals surface area contributed by atoms with Crippen LogP contribution in [0.5, 0.6) is 5.75 Å². The van der Waals surface area contributed by atoms with Crippen molar-refractivity contribution in [2.75, 3.05) is 18.0 Å². The van der Waals surface area contributed by atoms with Crippen LogP contribution >= 0.6 is 0 Å². The average Bonchev–Trinajstić information content (AvgIpc) is 2.55. The number of aromatic nitrogens is 2. The summed E-state index contributed by atoms with van der Waals surface area (Å²) in [6, 6.07) is 9.96. The minimum Gasteiger partial charge on any atom is -0.507 e. The molecule has 1 aromatic heterocycles. The van der Waals surface area contributed by atoms with Crippen LogP contribution in [-0.2, 0) is 0 Å². The van der Waals surface area contributed by atoms with Gasteiger partial charge < -0.3 is 15.1 Å². The summed E-state index contributed by atoms with van der Waals surface area (Å²) in [5.41, 5.74) is 5.49. The van der Waals surface area contributed by atoms with Crippen molar-refractivity contribution < 1.29 is 10.2 Å². The molecule has 4 rings (SSSR count). The van der Waals surface area contributed by atoms with Crippen LogP contribution in [0.2, 0.25) is 0 Å². The molecule has 1 fully saturated rings. The second-order valence-electron chi connectivity index (χ2n) is 6.45. The van der Waals surface area contributed by atoms with E-state index < -0.39 is 0 Å². The summed E-state index contributed by atoms with van der Waals surface area (Å²) in [4.78, 5) is 11.2. The number of nitrogens with zero attached hydrogens (tertiary/aromatic N) is 3. The number of aliphatic hydroxyl groups is 1. The Kier molecular flexibility index (Phi) is 3.39. The second kappa shape index (κ2) is 5.46. The van der Waals surface area contributed by atoms with E-state index in [9.17, 15) is 10.2 Å². The standard InChI is InChI=1S/C19H19N3O2/c1-11-5-14(6-12(2)19(11)24)13-3-4-16-17(7-13)21-18(8-20-16)22-9-15(23)10-22/h3-8,15,23-24H,9-10H2,1-2H3. The fourth-order valence-electron chi connectivity index (χ4n) is 3.10. The Morgan fingerprint density at radius 1 is 1.00 bits per heavy atom. The van der Waals surface area contributed by atoms with Gasteiger partial charge in [-0.1, -0.05) is 6.07 Å². The van der Waals surface area contributed by atoms with Gasteiger partial charge >= 0.3 is 0 Å². The lowest BCUT2D eigenvalue weighted by molar-refractivity contribution is 0.141. The van der Waals surface area contributed by atoms with Crippen molar-refractivity contribution in [1.82, 2.24) is 9.97 Å². The summed E-state index contributed by atoms with van der Waals surface area (Å²) in [6.45, 7) is 5.02. The number of hydrogen-bond acceptors (Lipinski definition) is 5. The van der Waals surface area contributed by atoms with Crippen LogP contribution in [0.3, 0.4) is 0 Å². The van der Waals surface area contributed by atoms with Gasteiger partial charge in [0.2, 0.25) is 0 Å². The molecule has 2 aromatic carbocycles. The van der Waals surface area contributed by atoms with E-state index in [2.05, 4.69) is 9.97 Å². The van der Waals surface area contributed by atoms with Crippen molar-refractivity contribution in [2.45, 2.75) is 20.0 Å². The molecule has 0 saturated carbocycles. The zero-order valence-corrected chi connectivity index (χ0v) is 13.7. The smallest absolute Gasteiger partial charge is 0.148 e. The molecule has 122 valence electrons. The number of anilines is 1. The molecule has 0 amide bonds. The molecule has 0 bridgehead atoms. The van der Waals surface area contributed by atoms with Gasteiger partial charge in [-0.3, -0.25) is 4.98 Å². The molecule has 2 N–H and O–H groups in total. The number of fused-ring (bicyclic) bond motifs is 1. The SMILES string of the molecule is Cc1cc(-c2ccc3ncc(N4CC(O)C4)nc3c2)cc(C)c1O. The van der Waals surface area contributed by atoms with Crippen LogP contribution in [0.1, 0.15) is 11.1 Å².